The van der Waals surface area contributed by atoms with Gasteiger partial charge in [0.05, 0.1) is 36.9 Å². The van der Waals surface area contributed by atoms with Gasteiger partial charge in [0, 0.05) is 19.7 Å². The number of benzene rings is 2. The second kappa shape index (κ2) is 12.2. The van der Waals surface area contributed by atoms with Gasteiger partial charge in [-0.15, -0.1) is 0 Å². The first-order valence-electron chi connectivity index (χ1n) is 12.2. The van der Waals surface area contributed by atoms with Crippen LogP contribution in [0.15, 0.2) is 47.3 Å². The molecule has 0 fully saturated rings. The number of methoxy groups -OCH3 is 2. The van der Waals surface area contributed by atoms with Crippen molar-refractivity contribution in [1.82, 2.24) is 14.5 Å². The number of nitrogens with zero attached hydrogens (tertiary/aromatic N) is 3. The third-order valence-electron chi connectivity index (χ3n) is 6.24. The van der Waals surface area contributed by atoms with Crippen LogP contribution in [-0.4, -0.2) is 41.2 Å². The molecule has 0 saturated heterocycles. The second-order valence-electron chi connectivity index (χ2n) is 8.53. The van der Waals surface area contributed by atoms with E-state index in [2.05, 4.69) is 12.2 Å². The van der Waals surface area contributed by atoms with Gasteiger partial charge in [-0.05, 0) is 37.1 Å². The van der Waals surface area contributed by atoms with E-state index in [0.29, 0.717) is 46.9 Å². The van der Waals surface area contributed by atoms with Crippen molar-refractivity contribution in [1.29, 1.82) is 0 Å². The molecule has 0 aliphatic rings. The summed E-state index contributed by atoms with van der Waals surface area (Å²) in [5.74, 6) is 1.72. The van der Waals surface area contributed by atoms with Gasteiger partial charge >= 0.3 is 6.03 Å². The minimum Gasteiger partial charge on any atom is -0.497 e. The molecular formula is C27H36N4O4. The lowest BCUT2D eigenvalue weighted by Crippen LogP contribution is -2.41. The van der Waals surface area contributed by atoms with Crippen molar-refractivity contribution in [2.24, 2.45) is 7.05 Å². The summed E-state index contributed by atoms with van der Waals surface area (Å²) >= 11 is 0. The Balaban J connectivity index is 1.99. The number of hydrogen-bond acceptors (Lipinski definition) is 5. The first-order chi connectivity index (χ1) is 16.9. The number of aromatic nitrogens is 2. The molecule has 1 heterocycles. The molecule has 2 amide bonds. The molecule has 1 unspecified atom stereocenters. The zero-order valence-corrected chi connectivity index (χ0v) is 21.3. The van der Waals surface area contributed by atoms with Crippen molar-refractivity contribution >= 4 is 22.6 Å². The van der Waals surface area contributed by atoms with Gasteiger partial charge in [-0.1, -0.05) is 45.2 Å². The molecular weight excluding hydrogens is 444 g/mol. The van der Waals surface area contributed by atoms with E-state index in [0.717, 1.165) is 25.7 Å². The van der Waals surface area contributed by atoms with Crippen molar-refractivity contribution in [2.45, 2.75) is 52.0 Å². The van der Waals surface area contributed by atoms with Crippen LogP contribution >= 0.6 is 0 Å². The highest BCUT2D eigenvalue weighted by Crippen LogP contribution is 2.31. The lowest BCUT2D eigenvalue weighted by atomic mass is 10.1. The quantitative estimate of drug-likeness (QED) is 0.366. The van der Waals surface area contributed by atoms with Crippen LogP contribution in [0.2, 0.25) is 0 Å². The number of amides is 2. The van der Waals surface area contributed by atoms with Crippen LogP contribution < -0.4 is 20.3 Å². The smallest absolute Gasteiger partial charge is 0.322 e. The van der Waals surface area contributed by atoms with Gasteiger partial charge < -0.3 is 19.7 Å². The molecule has 0 saturated carbocycles. The van der Waals surface area contributed by atoms with Crippen LogP contribution in [0.4, 0.5) is 10.5 Å². The summed E-state index contributed by atoms with van der Waals surface area (Å²) < 4.78 is 12.3. The molecule has 2 aromatic carbocycles. The van der Waals surface area contributed by atoms with Crippen LogP contribution in [-0.2, 0) is 7.05 Å². The monoisotopic (exact) mass is 480 g/mol. The minimum atomic E-state index is -0.372. The summed E-state index contributed by atoms with van der Waals surface area (Å²) in [5, 5.41) is 3.57. The zero-order chi connectivity index (χ0) is 25.4. The van der Waals surface area contributed by atoms with Crippen LogP contribution in [0.5, 0.6) is 11.5 Å². The number of fused-ring (bicyclic) bond motifs is 1. The maximum atomic E-state index is 13.6. The molecule has 1 aromatic heterocycles. The minimum absolute atomic E-state index is 0.118. The molecule has 8 heteroatoms. The van der Waals surface area contributed by atoms with Gasteiger partial charge in [0.25, 0.3) is 5.56 Å². The summed E-state index contributed by atoms with van der Waals surface area (Å²) in [5.41, 5.74) is 1.06. The predicted octanol–water partition coefficient (Wildman–Crippen LogP) is 5.52. The average Bonchev–Trinajstić information content (AvgIpc) is 2.88. The largest absolute Gasteiger partial charge is 0.497 e. The molecule has 0 spiro atoms. The Kier molecular flexibility index (Phi) is 9.11. The maximum absolute atomic E-state index is 13.6. The third-order valence-corrected chi connectivity index (χ3v) is 6.24. The average molecular weight is 481 g/mol. The fraction of sp³-hybridized carbons (Fsp3) is 0.444. The zero-order valence-electron chi connectivity index (χ0n) is 21.3. The molecule has 0 aliphatic heterocycles. The van der Waals surface area contributed by atoms with Crippen molar-refractivity contribution in [3.63, 3.8) is 0 Å². The van der Waals surface area contributed by atoms with Crippen LogP contribution in [0.1, 0.15) is 57.8 Å². The number of para-hydroxylation sites is 1. The molecule has 3 rings (SSSR count). The SMILES string of the molecule is CCCCCCN(C(=O)Nc1ccc(OC)cc1OC)C(CC)c1nc2ccccc2c(=O)n1C. The molecule has 0 radical (unpaired) electrons. The molecule has 1 atom stereocenters. The summed E-state index contributed by atoms with van der Waals surface area (Å²) in [4.78, 5) is 33.3. The lowest BCUT2D eigenvalue weighted by molar-refractivity contribution is 0.178. The number of ether oxygens (including phenoxy) is 2. The number of nitrogens with one attached hydrogen (secondary N) is 1. The molecule has 1 N–H and O–H groups in total. The first-order valence-corrected chi connectivity index (χ1v) is 12.2. The fourth-order valence-electron chi connectivity index (χ4n) is 4.27. The van der Waals surface area contributed by atoms with Crippen molar-refractivity contribution < 1.29 is 14.3 Å². The second-order valence-corrected chi connectivity index (χ2v) is 8.53. The Morgan fingerprint density at radius 1 is 1.09 bits per heavy atom. The van der Waals surface area contributed by atoms with E-state index < -0.39 is 0 Å². The fourth-order valence-corrected chi connectivity index (χ4v) is 4.27. The molecule has 3 aromatic rings. The summed E-state index contributed by atoms with van der Waals surface area (Å²) in [6, 6.07) is 11.9. The van der Waals surface area contributed by atoms with Gasteiger partial charge in [0.1, 0.15) is 17.3 Å². The third kappa shape index (κ3) is 5.93. The van der Waals surface area contributed by atoms with Crippen LogP contribution in [0.25, 0.3) is 10.9 Å². The highest BCUT2D eigenvalue weighted by Gasteiger charge is 2.28. The number of rotatable bonds is 11. The van der Waals surface area contributed by atoms with E-state index in [1.807, 2.05) is 25.1 Å². The van der Waals surface area contributed by atoms with Crippen molar-refractivity contribution in [3.8, 4) is 11.5 Å². The Hall–Kier alpha value is -3.55. The number of carbonyl (C=O) groups excluding carboxylic acids is 1. The summed E-state index contributed by atoms with van der Waals surface area (Å²) in [7, 11) is 4.85. The predicted molar refractivity (Wildman–Crippen MR) is 139 cm³/mol. The standard InChI is InChI=1S/C27H36N4O4/c1-6-8-9-12-17-31(27(33)29-22-16-15-19(34-4)18-24(22)35-5)23(7-2)25-28-21-14-11-10-13-20(21)26(32)30(25)3/h10-11,13-16,18,23H,6-9,12,17H2,1-5H3,(H,29,33). The Morgan fingerprint density at radius 2 is 1.86 bits per heavy atom. The van der Waals surface area contributed by atoms with Crippen molar-refractivity contribution in [2.75, 3.05) is 26.1 Å². The van der Waals surface area contributed by atoms with E-state index in [9.17, 15) is 9.59 Å². The van der Waals surface area contributed by atoms with E-state index >= 15 is 0 Å². The Morgan fingerprint density at radius 3 is 2.54 bits per heavy atom. The molecule has 8 nitrogen and oxygen atoms in total. The number of hydrogen-bond donors (Lipinski definition) is 1. The maximum Gasteiger partial charge on any atom is 0.322 e. The molecule has 0 aliphatic carbocycles. The van der Waals surface area contributed by atoms with E-state index in [-0.39, 0.29) is 17.6 Å². The topological polar surface area (TPSA) is 85.7 Å². The highest BCUT2D eigenvalue weighted by molar-refractivity contribution is 5.91. The molecule has 188 valence electrons. The Labute approximate surface area is 206 Å². The molecule has 35 heavy (non-hydrogen) atoms. The van der Waals surface area contributed by atoms with Crippen LogP contribution in [0.3, 0.4) is 0 Å². The van der Waals surface area contributed by atoms with Gasteiger partial charge in [-0.25, -0.2) is 9.78 Å². The van der Waals surface area contributed by atoms with E-state index in [1.165, 1.54) is 0 Å². The number of unbranched alkanes of at least 4 members (excludes halogenated alkanes) is 3. The highest BCUT2D eigenvalue weighted by atomic mass is 16.5. The Bertz CT molecular complexity index is 1210. The van der Waals surface area contributed by atoms with Gasteiger partial charge in [0.15, 0.2) is 0 Å². The number of anilines is 1. The number of urea groups is 1. The van der Waals surface area contributed by atoms with Crippen LogP contribution in [0, 0.1) is 0 Å². The normalized spacial score (nSPS) is 11.8. The summed E-state index contributed by atoms with van der Waals surface area (Å²) in [6.07, 6.45) is 4.70. The van der Waals surface area contributed by atoms with E-state index in [1.54, 1.807) is 55.0 Å². The summed E-state index contributed by atoms with van der Waals surface area (Å²) in [6.45, 7) is 4.71. The van der Waals surface area contributed by atoms with Crippen molar-refractivity contribution in [3.05, 3.63) is 58.6 Å². The van der Waals surface area contributed by atoms with Gasteiger partial charge in [0.2, 0.25) is 0 Å². The molecule has 0 bridgehead atoms. The number of carbonyl (C=O) groups is 1. The van der Waals surface area contributed by atoms with Gasteiger partial charge in [-0.2, -0.15) is 0 Å². The first kappa shape index (κ1) is 26.1. The van der Waals surface area contributed by atoms with E-state index in [4.69, 9.17) is 14.5 Å². The van der Waals surface area contributed by atoms with Gasteiger partial charge in [-0.3, -0.25) is 9.36 Å². The lowest BCUT2D eigenvalue weighted by Gasteiger charge is -2.32.